The maximum Gasteiger partial charge on any atom is 0.241 e. The molecule has 9 heteroatoms. The lowest BCUT2D eigenvalue weighted by molar-refractivity contribution is -0.120. The zero-order valence-corrected chi connectivity index (χ0v) is 19.2. The molecule has 1 aliphatic rings. The van der Waals surface area contributed by atoms with E-state index in [0.29, 0.717) is 32.1 Å². The highest BCUT2D eigenvalue weighted by Gasteiger charge is 2.24. The molecule has 0 unspecified atom stereocenters. The standard InChI is InChI=1S/C23H32N6O3/c1-4-31-20-8-6-19(7-9-20)29(11-5-10-24)22(30)17-28-14-12-27(13-15-28)16-21-25-23(18(2)3)26-32-21/h6-9,18H,4-5,11-17H2,1-3H3. The van der Waals surface area contributed by atoms with Gasteiger partial charge in [-0.1, -0.05) is 19.0 Å². The Balaban J connectivity index is 1.53. The summed E-state index contributed by atoms with van der Waals surface area (Å²) in [7, 11) is 0. The van der Waals surface area contributed by atoms with Crippen LogP contribution in [0.25, 0.3) is 0 Å². The van der Waals surface area contributed by atoms with Crippen molar-refractivity contribution in [1.82, 2.24) is 19.9 Å². The first-order valence-corrected chi connectivity index (χ1v) is 11.2. The van der Waals surface area contributed by atoms with Crippen LogP contribution in [0.2, 0.25) is 0 Å². The van der Waals surface area contributed by atoms with Crippen LogP contribution in [0.3, 0.4) is 0 Å². The summed E-state index contributed by atoms with van der Waals surface area (Å²) in [5, 5.41) is 13.0. The van der Waals surface area contributed by atoms with Gasteiger partial charge >= 0.3 is 0 Å². The minimum absolute atomic E-state index is 0.00339. The second kappa shape index (κ2) is 11.6. The monoisotopic (exact) mass is 440 g/mol. The highest BCUT2D eigenvalue weighted by molar-refractivity contribution is 5.94. The van der Waals surface area contributed by atoms with E-state index in [1.54, 1.807) is 4.90 Å². The lowest BCUT2D eigenvalue weighted by atomic mass is 10.2. The number of hydrogen-bond acceptors (Lipinski definition) is 8. The van der Waals surface area contributed by atoms with Crippen molar-refractivity contribution in [2.75, 3.05) is 50.8 Å². The molecule has 3 rings (SSSR count). The van der Waals surface area contributed by atoms with E-state index in [-0.39, 0.29) is 18.2 Å². The Morgan fingerprint density at radius 2 is 1.91 bits per heavy atom. The van der Waals surface area contributed by atoms with Gasteiger partial charge in [0.15, 0.2) is 5.82 Å². The Morgan fingerprint density at radius 1 is 1.22 bits per heavy atom. The second-order valence-electron chi connectivity index (χ2n) is 8.13. The molecule has 2 aromatic rings. The van der Waals surface area contributed by atoms with Gasteiger partial charge in [-0.3, -0.25) is 14.6 Å². The molecule has 0 saturated carbocycles. The van der Waals surface area contributed by atoms with E-state index in [1.807, 2.05) is 45.0 Å². The molecule has 1 saturated heterocycles. The van der Waals surface area contributed by atoms with Crippen molar-refractivity contribution in [3.63, 3.8) is 0 Å². The molecule has 1 aromatic heterocycles. The maximum atomic E-state index is 13.1. The summed E-state index contributed by atoms with van der Waals surface area (Å²) in [5.41, 5.74) is 0.782. The van der Waals surface area contributed by atoms with Gasteiger partial charge < -0.3 is 14.2 Å². The first-order valence-electron chi connectivity index (χ1n) is 11.2. The van der Waals surface area contributed by atoms with Crippen molar-refractivity contribution >= 4 is 11.6 Å². The van der Waals surface area contributed by atoms with Gasteiger partial charge in [0.2, 0.25) is 11.8 Å². The molecule has 1 aromatic carbocycles. The number of rotatable bonds is 10. The van der Waals surface area contributed by atoms with E-state index in [9.17, 15) is 4.79 Å². The summed E-state index contributed by atoms with van der Waals surface area (Å²) >= 11 is 0. The van der Waals surface area contributed by atoms with Gasteiger partial charge in [-0.2, -0.15) is 10.2 Å². The molecule has 1 aliphatic heterocycles. The average Bonchev–Trinajstić information content (AvgIpc) is 3.25. The van der Waals surface area contributed by atoms with Gasteiger partial charge in [-0.25, -0.2) is 0 Å². The van der Waals surface area contributed by atoms with Crippen LogP contribution in [0.4, 0.5) is 5.69 Å². The third-order valence-electron chi connectivity index (χ3n) is 5.39. The largest absolute Gasteiger partial charge is 0.494 e. The van der Waals surface area contributed by atoms with Crippen molar-refractivity contribution in [3.05, 3.63) is 36.0 Å². The number of piperazine rings is 1. The van der Waals surface area contributed by atoms with Crippen LogP contribution >= 0.6 is 0 Å². The molecule has 0 spiro atoms. The first kappa shape index (κ1) is 23.7. The van der Waals surface area contributed by atoms with E-state index in [0.717, 1.165) is 43.4 Å². The second-order valence-corrected chi connectivity index (χ2v) is 8.13. The minimum atomic E-state index is -0.00339. The van der Waals surface area contributed by atoms with E-state index < -0.39 is 0 Å². The van der Waals surface area contributed by atoms with Crippen LogP contribution in [0.15, 0.2) is 28.8 Å². The molecule has 0 radical (unpaired) electrons. The highest BCUT2D eigenvalue weighted by Crippen LogP contribution is 2.20. The third-order valence-corrected chi connectivity index (χ3v) is 5.39. The van der Waals surface area contributed by atoms with Crippen molar-refractivity contribution in [1.29, 1.82) is 5.26 Å². The van der Waals surface area contributed by atoms with Crippen LogP contribution in [0, 0.1) is 11.3 Å². The van der Waals surface area contributed by atoms with Crippen LogP contribution in [-0.4, -0.2) is 71.7 Å². The van der Waals surface area contributed by atoms with Crippen molar-refractivity contribution in [2.24, 2.45) is 0 Å². The Kier molecular flexibility index (Phi) is 8.59. The molecular formula is C23H32N6O3. The third kappa shape index (κ3) is 6.52. The number of nitriles is 1. The summed E-state index contributed by atoms with van der Waals surface area (Å²) in [6.07, 6.45) is 0.287. The van der Waals surface area contributed by atoms with Gasteiger partial charge in [-0.15, -0.1) is 0 Å². The molecule has 0 bridgehead atoms. The summed E-state index contributed by atoms with van der Waals surface area (Å²) in [6, 6.07) is 9.58. The zero-order valence-electron chi connectivity index (χ0n) is 19.2. The highest BCUT2D eigenvalue weighted by atomic mass is 16.5. The number of aromatic nitrogens is 2. The van der Waals surface area contributed by atoms with Crippen LogP contribution in [0.5, 0.6) is 5.75 Å². The van der Waals surface area contributed by atoms with E-state index in [4.69, 9.17) is 14.5 Å². The van der Waals surface area contributed by atoms with Gasteiger partial charge in [0.25, 0.3) is 0 Å². The lowest BCUT2D eigenvalue weighted by Gasteiger charge is -2.34. The fourth-order valence-corrected chi connectivity index (χ4v) is 3.59. The maximum absolute atomic E-state index is 13.1. The normalized spacial score (nSPS) is 15.0. The number of hydrogen-bond donors (Lipinski definition) is 0. The Morgan fingerprint density at radius 3 is 2.50 bits per heavy atom. The molecule has 0 aliphatic carbocycles. The smallest absolute Gasteiger partial charge is 0.241 e. The van der Waals surface area contributed by atoms with E-state index in [1.165, 1.54) is 0 Å². The molecule has 172 valence electrons. The SMILES string of the molecule is CCOc1ccc(N(CCC#N)C(=O)CN2CCN(Cc3nc(C(C)C)no3)CC2)cc1. The molecule has 1 amide bonds. The van der Waals surface area contributed by atoms with Gasteiger partial charge in [0, 0.05) is 44.3 Å². The molecule has 32 heavy (non-hydrogen) atoms. The molecule has 0 atom stereocenters. The predicted octanol–water partition coefficient (Wildman–Crippen LogP) is 2.66. The van der Waals surface area contributed by atoms with Gasteiger partial charge in [0.05, 0.1) is 32.2 Å². The van der Waals surface area contributed by atoms with E-state index >= 15 is 0 Å². The van der Waals surface area contributed by atoms with Crippen molar-refractivity contribution in [3.8, 4) is 11.8 Å². The quantitative estimate of drug-likeness (QED) is 0.556. The van der Waals surface area contributed by atoms with Gasteiger partial charge in [-0.05, 0) is 31.2 Å². The number of nitrogens with zero attached hydrogens (tertiary/aromatic N) is 6. The lowest BCUT2D eigenvalue weighted by Crippen LogP contribution is -2.50. The van der Waals surface area contributed by atoms with Crippen LogP contribution in [-0.2, 0) is 11.3 Å². The molecule has 9 nitrogen and oxygen atoms in total. The summed E-state index contributed by atoms with van der Waals surface area (Å²) in [4.78, 5) is 23.6. The molecular weight excluding hydrogens is 408 g/mol. The Bertz CT molecular complexity index is 897. The van der Waals surface area contributed by atoms with Crippen molar-refractivity contribution < 1.29 is 14.1 Å². The number of carbonyl (C=O) groups excluding carboxylic acids is 1. The molecule has 1 fully saturated rings. The van der Waals surface area contributed by atoms with E-state index in [2.05, 4.69) is 26.0 Å². The summed E-state index contributed by atoms with van der Waals surface area (Å²) in [6.45, 7) is 11.1. The molecule has 0 N–H and O–H groups in total. The Labute approximate surface area is 189 Å². The van der Waals surface area contributed by atoms with Crippen LogP contribution in [0.1, 0.15) is 44.8 Å². The first-order chi connectivity index (χ1) is 15.5. The number of amides is 1. The Hall–Kier alpha value is -2.96. The number of carbonyl (C=O) groups is 1. The number of ether oxygens (including phenoxy) is 1. The average molecular weight is 441 g/mol. The topological polar surface area (TPSA) is 98.7 Å². The predicted molar refractivity (Wildman–Crippen MR) is 120 cm³/mol. The van der Waals surface area contributed by atoms with Crippen LogP contribution < -0.4 is 9.64 Å². The fourth-order valence-electron chi connectivity index (χ4n) is 3.59. The minimum Gasteiger partial charge on any atom is -0.494 e. The molecule has 2 heterocycles. The summed E-state index contributed by atoms with van der Waals surface area (Å²) < 4.78 is 10.8. The van der Waals surface area contributed by atoms with Crippen molar-refractivity contribution in [2.45, 2.75) is 39.7 Å². The number of benzene rings is 1. The zero-order chi connectivity index (χ0) is 22.9. The summed E-state index contributed by atoms with van der Waals surface area (Å²) in [5.74, 6) is 2.38. The van der Waals surface area contributed by atoms with Gasteiger partial charge in [0.1, 0.15) is 5.75 Å². The number of anilines is 1. The fraction of sp³-hybridized carbons (Fsp3) is 0.565.